The summed E-state index contributed by atoms with van der Waals surface area (Å²) in [5, 5.41) is 12.5. The van der Waals surface area contributed by atoms with E-state index in [9.17, 15) is 0 Å². The molecule has 0 saturated heterocycles. The fourth-order valence-electron chi connectivity index (χ4n) is 0.842. The molecule has 0 amide bonds. The van der Waals surface area contributed by atoms with Crippen LogP contribution in [0.5, 0.6) is 0 Å². The lowest BCUT2D eigenvalue weighted by Crippen LogP contribution is -2.02. The SMILES string of the molecule is Cc1csc(CC(C#N)CBr)n1. The molecular formula is C8H9BrN2S. The zero-order chi connectivity index (χ0) is 8.97. The Balaban J connectivity index is 2.58. The third-order valence-electron chi connectivity index (χ3n) is 1.46. The van der Waals surface area contributed by atoms with Crippen LogP contribution in [0.1, 0.15) is 10.7 Å². The predicted molar refractivity (Wildman–Crippen MR) is 53.5 cm³/mol. The van der Waals surface area contributed by atoms with Gasteiger partial charge in [-0.05, 0) is 6.92 Å². The lowest BCUT2D eigenvalue weighted by atomic mass is 10.1. The largest absolute Gasteiger partial charge is 0.247 e. The number of alkyl halides is 1. The van der Waals surface area contributed by atoms with Crippen LogP contribution in [0.25, 0.3) is 0 Å². The molecule has 1 unspecified atom stereocenters. The van der Waals surface area contributed by atoms with Gasteiger partial charge in [-0.1, -0.05) is 15.9 Å². The first kappa shape index (κ1) is 9.69. The Labute approximate surface area is 84.4 Å². The van der Waals surface area contributed by atoms with Crippen molar-refractivity contribution in [2.45, 2.75) is 13.3 Å². The zero-order valence-electron chi connectivity index (χ0n) is 6.75. The first-order valence-electron chi connectivity index (χ1n) is 3.63. The van der Waals surface area contributed by atoms with Gasteiger partial charge in [-0.25, -0.2) is 4.98 Å². The molecule has 0 aliphatic rings. The summed E-state index contributed by atoms with van der Waals surface area (Å²) in [5.74, 6) is 0.0514. The Morgan fingerprint density at radius 1 is 1.83 bits per heavy atom. The number of hydrogen-bond acceptors (Lipinski definition) is 3. The molecule has 0 bridgehead atoms. The van der Waals surface area contributed by atoms with Gasteiger partial charge in [0.2, 0.25) is 0 Å². The summed E-state index contributed by atoms with van der Waals surface area (Å²) in [4.78, 5) is 4.29. The molecule has 12 heavy (non-hydrogen) atoms. The molecule has 0 fully saturated rings. The number of nitriles is 1. The van der Waals surface area contributed by atoms with E-state index in [1.54, 1.807) is 11.3 Å². The van der Waals surface area contributed by atoms with E-state index in [1.165, 1.54) is 0 Å². The van der Waals surface area contributed by atoms with Crippen LogP contribution in [0, 0.1) is 24.2 Å². The summed E-state index contributed by atoms with van der Waals surface area (Å²) in [7, 11) is 0. The van der Waals surface area contributed by atoms with Crippen LogP contribution >= 0.6 is 27.3 Å². The van der Waals surface area contributed by atoms with Gasteiger partial charge in [0.25, 0.3) is 0 Å². The monoisotopic (exact) mass is 244 g/mol. The summed E-state index contributed by atoms with van der Waals surface area (Å²) in [6, 6.07) is 2.23. The molecular weight excluding hydrogens is 236 g/mol. The second-order valence-electron chi connectivity index (χ2n) is 2.57. The highest BCUT2D eigenvalue weighted by Crippen LogP contribution is 2.14. The zero-order valence-corrected chi connectivity index (χ0v) is 9.15. The average Bonchev–Trinajstić information content (AvgIpc) is 2.47. The van der Waals surface area contributed by atoms with E-state index >= 15 is 0 Å². The topological polar surface area (TPSA) is 36.7 Å². The minimum Gasteiger partial charge on any atom is -0.247 e. The van der Waals surface area contributed by atoms with E-state index in [4.69, 9.17) is 5.26 Å². The smallest absolute Gasteiger partial charge is 0.0941 e. The number of aromatic nitrogens is 1. The highest BCUT2D eigenvalue weighted by atomic mass is 79.9. The van der Waals surface area contributed by atoms with Crippen molar-refractivity contribution >= 4 is 27.3 Å². The number of nitrogens with zero attached hydrogens (tertiary/aromatic N) is 2. The normalized spacial score (nSPS) is 12.4. The van der Waals surface area contributed by atoms with E-state index in [-0.39, 0.29) is 5.92 Å². The van der Waals surface area contributed by atoms with Crippen LogP contribution in [0.2, 0.25) is 0 Å². The maximum Gasteiger partial charge on any atom is 0.0941 e. The van der Waals surface area contributed by atoms with Gasteiger partial charge in [0.15, 0.2) is 0 Å². The molecule has 64 valence electrons. The van der Waals surface area contributed by atoms with E-state index in [0.29, 0.717) is 0 Å². The molecule has 1 aromatic rings. The van der Waals surface area contributed by atoms with E-state index in [0.717, 1.165) is 22.5 Å². The fourth-order valence-corrected chi connectivity index (χ4v) is 2.07. The first-order chi connectivity index (χ1) is 5.76. The molecule has 0 N–H and O–H groups in total. The summed E-state index contributed by atoms with van der Waals surface area (Å²) < 4.78 is 0. The van der Waals surface area contributed by atoms with Crippen molar-refractivity contribution in [3.05, 3.63) is 16.1 Å². The van der Waals surface area contributed by atoms with Crippen molar-refractivity contribution in [1.29, 1.82) is 5.26 Å². The lowest BCUT2D eigenvalue weighted by molar-refractivity contribution is 0.749. The number of aryl methyl sites for hydroxylation is 1. The van der Waals surface area contributed by atoms with Gasteiger partial charge in [0.05, 0.1) is 17.0 Å². The molecule has 0 radical (unpaired) electrons. The molecule has 0 aliphatic carbocycles. The number of rotatable bonds is 3. The molecule has 0 spiro atoms. The summed E-state index contributed by atoms with van der Waals surface area (Å²) >= 11 is 4.92. The molecule has 0 aliphatic heterocycles. The van der Waals surface area contributed by atoms with Crippen molar-refractivity contribution in [2.75, 3.05) is 5.33 Å². The highest BCUT2D eigenvalue weighted by Gasteiger charge is 2.08. The van der Waals surface area contributed by atoms with E-state index in [2.05, 4.69) is 27.0 Å². The second-order valence-corrected chi connectivity index (χ2v) is 4.16. The summed E-state index contributed by atoms with van der Waals surface area (Å²) in [5.41, 5.74) is 1.04. The van der Waals surface area contributed by atoms with E-state index < -0.39 is 0 Å². The Kier molecular flexibility index (Phi) is 3.70. The van der Waals surface area contributed by atoms with Crippen LogP contribution in [0.3, 0.4) is 0 Å². The van der Waals surface area contributed by atoms with Gasteiger partial charge in [-0.2, -0.15) is 5.26 Å². The Morgan fingerprint density at radius 2 is 2.58 bits per heavy atom. The average molecular weight is 245 g/mol. The number of thiazole rings is 1. The van der Waals surface area contributed by atoms with Crippen molar-refractivity contribution in [3.8, 4) is 6.07 Å². The molecule has 1 rings (SSSR count). The third-order valence-corrected chi connectivity index (χ3v) is 3.23. The maximum absolute atomic E-state index is 8.69. The molecule has 2 nitrogen and oxygen atoms in total. The molecule has 0 saturated carbocycles. The molecule has 4 heteroatoms. The van der Waals surface area contributed by atoms with Crippen molar-refractivity contribution in [1.82, 2.24) is 4.98 Å². The predicted octanol–water partition coefficient (Wildman–Crippen LogP) is 2.53. The second kappa shape index (κ2) is 4.58. The standard InChI is InChI=1S/C8H9BrN2S/c1-6-5-12-8(11-6)2-7(3-9)4-10/h5,7H,2-3H2,1H3. The highest BCUT2D eigenvalue weighted by molar-refractivity contribution is 9.09. The maximum atomic E-state index is 8.69. The Morgan fingerprint density at radius 3 is 3.00 bits per heavy atom. The van der Waals surface area contributed by atoms with Crippen molar-refractivity contribution in [3.63, 3.8) is 0 Å². The molecule has 0 aromatic carbocycles. The molecule has 1 heterocycles. The van der Waals surface area contributed by atoms with Gasteiger partial charge in [0, 0.05) is 22.8 Å². The minimum atomic E-state index is 0.0514. The van der Waals surface area contributed by atoms with Gasteiger partial charge in [-0.15, -0.1) is 11.3 Å². The van der Waals surface area contributed by atoms with Crippen LogP contribution in [0.4, 0.5) is 0 Å². The number of halogens is 1. The quantitative estimate of drug-likeness (QED) is 0.767. The first-order valence-corrected chi connectivity index (χ1v) is 5.63. The van der Waals surface area contributed by atoms with E-state index in [1.807, 2.05) is 12.3 Å². The third kappa shape index (κ3) is 2.58. The summed E-state index contributed by atoms with van der Waals surface area (Å²) in [6.07, 6.45) is 0.764. The van der Waals surface area contributed by atoms with Crippen molar-refractivity contribution in [2.24, 2.45) is 5.92 Å². The van der Waals surface area contributed by atoms with Crippen LogP contribution < -0.4 is 0 Å². The lowest BCUT2D eigenvalue weighted by Gasteiger charge is -1.99. The van der Waals surface area contributed by atoms with Gasteiger partial charge in [0.1, 0.15) is 0 Å². The Bertz CT molecular complexity index is 289. The van der Waals surface area contributed by atoms with Gasteiger partial charge >= 0.3 is 0 Å². The van der Waals surface area contributed by atoms with Crippen molar-refractivity contribution < 1.29 is 0 Å². The molecule has 1 atom stereocenters. The van der Waals surface area contributed by atoms with Crippen LogP contribution in [-0.2, 0) is 6.42 Å². The Hall–Kier alpha value is -0.400. The van der Waals surface area contributed by atoms with Crippen LogP contribution in [-0.4, -0.2) is 10.3 Å². The minimum absolute atomic E-state index is 0.0514. The summed E-state index contributed by atoms with van der Waals surface area (Å²) in [6.45, 7) is 1.97. The van der Waals surface area contributed by atoms with Gasteiger partial charge in [-0.3, -0.25) is 0 Å². The van der Waals surface area contributed by atoms with Gasteiger partial charge < -0.3 is 0 Å². The fraction of sp³-hybridized carbons (Fsp3) is 0.500. The number of hydrogen-bond donors (Lipinski definition) is 0. The molecule has 1 aromatic heterocycles. The van der Waals surface area contributed by atoms with Crippen LogP contribution in [0.15, 0.2) is 5.38 Å².